The first-order valence-electron chi connectivity index (χ1n) is 8.64. The van der Waals surface area contributed by atoms with E-state index in [1.807, 2.05) is 0 Å². The van der Waals surface area contributed by atoms with Gasteiger partial charge < -0.3 is 0 Å². The second-order valence-electron chi connectivity index (χ2n) is 7.73. The molecule has 3 aliphatic rings. The van der Waals surface area contributed by atoms with Crippen LogP contribution in [-0.4, -0.2) is 29.3 Å². The Balaban J connectivity index is 1.63. The topological polar surface area (TPSA) is 20.3 Å². The van der Waals surface area contributed by atoms with E-state index in [0.717, 1.165) is 37.3 Å². The summed E-state index contributed by atoms with van der Waals surface area (Å²) in [5, 5.41) is -0.104. The van der Waals surface area contributed by atoms with E-state index in [2.05, 4.69) is 18.7 Å². The summed E-state index contributed by atoms with van der Waals surface area (Å²) in [5.74, 6) is -0.672. The number of nitrogens with zero attached hydrogens (tertiary/aromatic N) is 1. The molecule has 3 saturated heterocycles. The molecule has 3 fully saturated rings. The molecule has 6 heteroatoms. The lowest BCUT2D eigenvalue weighted by molar-refractivity contribution is -0.0643. The fourth-order valence-electron chi connectivity index (χ4n) is 4.63. The van der Waals surface area contributed by atoms with E-state index in [9.17, 15) is 13.6 Å². The van der Waals surface area contributed by atoms with Crippen molar-refractivity contribution in [1.82, 2.24) is 4.90 Å². The van der Waals surface area contributed by atoms with E-state index in [1.165, 1.54) is 6.07 Å². The molecular formula is C19H20ClF2NOS. The maximum Gasteiger partial charge on any atom is 0.173 e. The molecule has 5 rings (SSSR count). The van der Waals surface area contributed by atoms with Gasteiger partial charge in [-0.3, -0.25) is 9.69 Å². The Kier molecular flexibility index (Phi) is 4.17. The van der Waals surface area contributed by atoms with Gasteiger partial charge in [-0.2, -0.15) is 0 Å². The first-order chi connectivity index (χ1) is 11.8. The second-order valence-corrected chi connectivity index (χ2v) is 9.16. The molecule has 4 heterocycles. The van der Waals surface area contributed by atoms with E-state index in [-0.39, 0.29) is 16.0 Å². The number of thiophene rings is 1. The third kappa shape index (κ3) is 2.71. The molecule has 0 aliphatic carbocycles. The van der Waals surface area contributed by atoms with Gasteiger partial charge in [-0.25, -0.2) is 8.78 Å². The van der Waals surface area contributed by atoms with Crippen LogP contribution in [0.1, 0.15) is 42.8 Å². The Morgan fingerprint density at radius 3 is 2.64 bits per heavy atom. The molecule has 1 aromatic carbocycles. The standard InChI is InChI=1S/C19H20ClF2NOS/c1-19(2)12(10-3-5-23(19)6-4-10)9-14(24)15-8-11-7-13(21)16(20)17(22)18(11)25-15/h7-8,10,12H,3-6,9H2,1-2H3/t12-/m1/s1. The molecule has 0 N–H and O–H groups in total. The molecule has 134 valence electrons. The summed E-state index contributed by atoms with van der Waals surface area (Å²) >= 11 is 6.72. The fraction of sp³-hybridized carbons (Fsp3) is 0.526. The van der Waals surface area contributed by atoms with Crippen LogP contribution in [0.15, 0.2) is 12.1 Å². The minimum Gasteiger partial charge on any atom is -0.298 e. The summed E-state index contributed by atoms with van der Waals surface area (Å²) < 4.78 is 28.1. The molecule has 2 aromatic rings. The van der Waals surface area contributed by atoms with Gasteiger partial charge in [-0.05, 0) is 69.1 Å². The number of hydrogen-bond donors (Lipinski definition) is 0. The number of benzene rings is 1. The molecule has 0 radical (unpaired) electrons. The number of halogens is 3. The molecule has 1 aromatic heterocycles. The molecule has 0 unspecified atom stereocenters. The van der Waals surface area contributed by atoms with E-state index in [0.29, 0.717) is 28.5 Å². The number of rotatable bonds is 3. The number of Topliss-reactive ketones (excluding diaryl/α,β-unsaturated/α-hetero) is 1. The van der Waals surface area contributed by atoms with Crippen LogP contribution in [0.5, 0.6) is 0 Å². The van der Waals surface area contributed by atoms with Crippen LogP contribution >= 0.6 is 22.9 Å². The molecule has 3 aliphatic heterocycles. The first-order valence-corrected chi connectivity index (χ1v) is 9.83. The summed E-state index contributed by atoms with van der Waals surface area (Å²) in [4.78, 5) is 15.8. The number of fused-ring (bicyclic) bond motifs is 4. The zero-order valence-corrected chi connectivity index (χ0v) is 15.8. The summed E-state index contributed by atoms with van der Waals surface area (Å²) in [6, 6.07) is 2.80. The van der Waals surface area contributed by atoms with E-state index < -0.39 is 16.7 Å². The third-order valence-electron chi connectivity index (χ3n) is 6.16. The maximum absolute atomic E-state index is 14.2. The van der Waals surface area contributed by atoms with Crippen molar-refractivity contribution in [1.29, 1.82) is 0 Å². The average Bonchev–Trinajstić information content (AvgIpc) is 3.00. The molecule has 25 heavy (non-hydrogen) atoms. The van der Waals surface area contributed by atoms with Crippen molar-refractivity contribution in [3.05, 3.63) is 33.7 Å². The Hall–Kier alpha value is -1.04. The highest BCUT2D eigenvalue weighted by atomic mass is 35.5. The predicted molar refractivity (Wildman–Crippen MR) is 97.6 cm³/mol. The minimum absolute atomic E-state index is 0.00811. The van der Waals surface area contributed by atoms with Gasteiger partial charge in [0.1, 0.15) is 10.8 Å². The van der Waals surface area contributed by atoms with Crippen LogP contribution in [0.3, 0.4) is 0 Å². The lowest BCUT2D eigenvalue weighted by Crippen LogP contribution is -2.61. The SMILES string of the molecule is CC1(C)[C@H](CC(=O)c2cc3cc(F)c(Cl)c(F)c3s2)C2CCN1CC2. The fourth-order valence-corrected chi connectivity index (χ4v) is 5.87. The molecule has 0 amide bonds. The molecule has 1 atom stereocenters. The Labute approximate surface area is 154 Å². The monoisotopic (exact) mass is 383 g/mol. The van der Waals surface area contributed by atoms with Crippen LogP contribution < -0.4 is 0 Å². The maximum atomic E-state index is 14.2. The molecule has 2 bridgehead atoms. The van der Waals surface area contributed by atoms with Crippen molar-refractivity contribution in [2.45, 2.75) is 38.6 Å². The normalized spacial score (nSPS) is 27.8. The lowest BCUT2D eigenvalue weighted by Gasteiger charge is -2.56. The molecule has 0 saturated carbocycles. The van der Waals surface area contributed by atoms with Crippen molar-refractivity contribution in [2.24, 2.45) is 11.8 Å². The minimum atomic E-state index is -0.790. The smallest absolute Gasteiger partial charge is 0.173 e. The molecular weight excluding hydrogens is 364 g/mol. The summed E-state index contributed by atoms with van der Waals surface area (Å²) in [6.45, 7) is 6.65. The largest absolute Gasteiger partial charge is 0.298 e. The zero-order chi connectivity index (χ0) is 17.9. The van der Waals surface area contributed by atoms with Gasteiger partial charge in [0.25, 0.3) is 0 Å². The highest BCUT2D eigenvalue weighted by Crippen LogP contribution is 2.46. The number of carbonyl (C=O) groups is 1. The van der Waals surface area contributed by atoms with Crippen LogP contribution in [0.2, 0.25) is 5.02 Å². The van der Waals surface area contributed by atoms with Crippen molar-refractivity contribution in [3.63, 3.8) is 0 Å². The summed E-state index contributed by atoms with van der Waals surface area (Å²) in [6.07, 6.45) is 2.74. The Bertz CT molecular complexity index is 855. The summed E-state index contributed by atoms with van der Waals surface area (Å²) in [5.41, 5.74) is 0.00811. The molecule has 2 nitrogen and oxygen atoms in total. The van der Waals surface area contributed by atoms with Gasteiger partial charge in [0.15, 0.2) is 11.6 Å². The van der Waals surface area contributed by atoms with Crippen LogP contribution in [0, 0.1) is 23.5 Å². The van der Waals surface area contributed by atoms with Crippen molar-refractivity contribution in [2.75, 3.05) is 13.1 Å². The average molecular weight is 384 g/mol. The van der Waals surface area contributed by atoms with Crippen molar-refractivity contribution < 1.29 is 13.6 Å². The van der Waals surface area contributed by atoms with E-state index in [4.69, 9.17) is 11.6 Å². The first kappa shape index (κ1) is 17.4. The van der Waals surface area contributed by atoms with Crippen LogP contribution in [0.4, 0.5) is 8.78 Å². The van der Waals surface area contributed by atoms with Gasteiger partial charge >= 0.3 is 0 Å². The highest BCUT2D eigenvalue weighted by molar-refractivity contribution is 7.20. The van der Waals surface area contributed by atoms with Gasteiger partial charge in [-0.15, -0.1) is 11.3 Å². The Morgan fingerprint density at radius 2 is 2.00 bits per heavy atom. The number of carbonyl (C=O) groups excluding carboxylic acids is 1. The highest BCUT2D eigenvalue weighted by Gasteiger charge is 2.48. The van der Waals surface area contributed by atoms with Crippen LogP contribution in [0.25, 0.3) is 10.1 Å². The van der Waals surface area contributed by atoms with Gasteiger partial charge in [0.2, 0.25) is 0 Å². The Morgan fingerprint density at radius 1 is 1.32 bits per heavy atom. The number of piperidine rings is 3. The summed E-state index contributed by atoms with van der Waals surface area (Å²) in [7, 11) is 0. The van der Waals surface area contributed by atoms with Crippen molar-refractivity contribution in [3.8, 4) is 0 Å². The number of hydrogen-bond acceptors (Lipinski definition) is 3. The van der Waals surface area contributed by atoms with E-state index in [1.54, 1.807) is 6.07 Å². The lowest BCUT2D eigenvalue weighted by atomic mass is 9.65. The van der Waals surface area contributed by atoms with Crippen molar-refractivity contribution >= 4 is 38.8 Å². The van der Waals surface area contributed by atoms with E-state index >= 15 is 0 Å². The van der Waals surface area contributed by atoms with Gasteiger partial charge in [0, 0.05) is 12.0 Å². The molecule has 0 spiro atoms. The van der Waals surface area contributed by atoms with Crippen LogP contribution in [-0.2, 0) is 0 Å². The predicted octanol–water partition coefficient (Wildman–Crippen LogP) is 5.53. The quantitative estimate of drug-likeness (QED) is 0.513. The van der Waals surface area contributed by atoms with Gasteiger partial charge in [0.05, 0.1) is 9.58 Å². The second kappa shape index (κ2) is 6.00. The zero-order valence-electron chi connectivity index (χ0n) is 14.2. The number of ketones is 1. The third-order valence-corrected chi connectivity index (χ3v) is 7.69. The van der Waals surface area contributed by atoms with Gasteiger partial charge in [-0.1, -0.05) is 11.6 Å².